The number of methoxy groups -OCH3 is 1. The number of benzene rings is 1. The Hall–Kier alpha value is -1.71. The number of ether oxygens (including phenoxy) is 1. The van der Waals surface area contributed by atoms with E-state index in [1.807, 2.05) is 4.90 Å². The molecule has 0 aliphatic carbocycles. The molecule has 0 aromatic heterocycles. The van der Waals surface area contributed by atoms with Crippen molar-refractivity contribution in [3.63, 3.8) is 0 Å². The van der Waals surface area contributed by atoms with Gasteiger partial charge in [0.2, 0.25) is 0 Å². The van der Waals surface area contributed by atoms with Crippen LogP contribution in [0.3, 0.4) is 0 Å². The molecule has 1 aliphatic rings. The van der Waals surface area contributed by atoms with Crippen molar-refractivity contribution in [1.29, 1.82) is 5.26 Å². The van der Waals surface area contributed by atoms with E-state index in [2.05, 4.69) is 6.07 Å². The molecule has 0 saturated carbocycles. The normalized spacial score (nSPS) is 19.3. The number of thioether (sulfide) groups is 1. The van der Waals surface area contributed by atoms with Gasteiger partial charge in [0.05, 0.1) is 18.7 Å². The Morgan fingerprint density at radius 2 is 2.45 bits per heavy atom. The molecular formula is C14H16N2O3S. The number of nitriles is 1. The van der Waals surface area contributed by atoms with Crippen molar-refractivity contribution in [2.24, 2.45) is 0 Å². The van der Waals surface area contributed by atoms with Crippen molar-refractivity contribution in [2.75, 3.05) is 25.2 Å². The fraction of sp³-hybridized carbons (Fsp3) is 0.429. The summed E-state index contributed by atoms with van der Waals surface area (Å²) in [4.78, 5) is 13.2. The van der Waals surface area contributed by atoms with Gasteiger partial charge in [-0.05, 0) is 18.2 Å². The van der Waals surface area contributed by atoms with E-state index in [1.54, 1.807) is 37.1 Å². The zero-order valence-electron chi connectivity index (χ0n) is 11.2. The Labute approximate surface area is 122 Å². The average molecular weight is 292 g/mol. The first-order valence-electron chi connectivity index (χ1n) is 6.27. The first-order valence-corrected chi connectivity index (χ1v) is 7.42. The van der Waals surface area contributed by atoms with E-state index in [-0.39, 0.29) is 0 Å². The maximum absolute atomic E-state index is 11.3. The topological polar surface area (TPSA) is 73.6 Å². The molecule has 1 N–H and O–H groups in total. The van der Waals surface area contributed by atoms with Crippen LogP contribution in [0.1, 0.15) is 11.1 Å². The molecule has 1 unspecified atom stereocenters. The summed E-state index contributed by atoms with van der Waals surface area (Å²) in [5, 5.41) is 18.2. The second kappa shape index (κ2) is 6.64. The van der Waals surface area contributed by atoms with Crippen LogP contribution in [0.15, 0.2) is 18.2 Å². The van der Waals surface area contributed by atoms with Gasteiger partial charge < -0.3 is 9.84 Å². The third kappa shape index (κ3) is 3.24. The Kier molecular flexibility index (Phi) is 4.88. The third-order valence-electron chi connectivity index (χ3n) is 3.31. The van der Waals surface area contributed by atoms with Gasteiger partial charge >= 0.3 is 5.97 Å². The maximum Gasteiger partial charge on any atom is 0.321 e. The summed E-state index contributed by atoms with van der Waals surface area (Å²) in [6.07, 6.45) is 0. The minimum absolute atomic E-state index is 0.482. The van der Waals surface area contributed by atoms with Crippen molar-refractivity contribution in [1.82, 2.24) is 4.90 Å². The number of nitrogens with zero attached hydrogens (tertiary/aromatic N) is 2. The largest absolute Gasteiger partial charge is 0.496 e. The fourth-order valence-electron chi connectivity index (χ4n) is 2.25. The molecule has 5 nitrogen and oxygen atoms in total. The van der Waals surface area contributed by atoms with E-state index >= 15 is 0 Å². The van der Waals surface area contributed by atoms with Gasteiger partial charge in [-0.3, -0.25) is 9.69 Å². The zero-order chi connectivity index (χ0) is 14.5. The van der Waals surface area contributed by atoms with Gasteiger partial charge in [-0.15, -0.1) is 0 Å². The van der Waals surface area contributed by atoms with Crippen molar-refractivity contribution < 1.29 is 14.6 Å². The lowest BCUT2D eigenvalue weighted by Gasteiger charge is -2.32. The maximum atomic E-state index is 11.3. The predicted molar refractivity (Wildman–Crippen MR) is 76.9 cm³/mol. The number of aliphatic carboxylic acids is 1. The molecule has 0 amide bonds. The number of carbonyl (C=O) groups is 1. The fourth-order valence-corrected chi connectivity index (χ4v) is 3.35. The van der Waals surface area contributed by atoms with Crippen LogP contribution in [0.2, 0.25) is 0 Å². The van der Waals surface area contributed by atoms with Crippen LogP contribution in [0.4, 0.5) is 0 Å². The number of carboxylic acids is 1. The van der Waals surface area contributed by atoms with E-state index < -0.39 is 12.0 Å². The summed E-state index contributed by atoms with van der Waals surface area (Å²) < 4.78 is 5.29. The monoisotopic (exact) mass is 292 g/mol. The second-order valence-corrected chi connectivity index (χ2v) is 5.69. The molecule has 2 rings (SSSR count). The lowest BCUT2D eigenvalue weighted by molar-refractivity contribution is -0.142. The van der Waals surface area contributed by atoms with E-state index in [9.17, 15) is 9.90 Å². The minimum Gasteiger partial charge on any atom is -0.496 e. The third-order valence-corrected chi connectivity index (χ3v) is 4.33. The van der Waals surface area contributed by atoms with Gasteiger partial charge in [0, 0.05) is 30.2 Å². The molecule has 0 bridgehead atoms. The molecule has 1 fully saturated rings. The molecule has 6 heteroatoms. The molecule has 1 atom stereocenters. The van der Waals surface area contributed by atoms with Crippen molar-refractivity contribution in [3.05, 3.63) is 29.3 Å². The average Bonchev–Trinajstić information content (AvgIpc) is 2.47. The van der Waals surface area contributed by atoms with Crippen molar-refractivity contribution in [3.8, 4) is 11.8 Å². The van der Waals surface area contributed by atoms with Crippen LogP contribution in [-0.2, 0) is 11.3 Å². The van der Waals surface area contributed by atoms with Gasteiger partial charge in [-0.1, -0.05) is 0 Å². The summed E-state index contributed by atoms with van der Waals surface area (Å²) in [7, 11) is 1.58. The molecule has 1 aliphatic heterocycles. The van der Waals surface area contributed by atoms with E-state index in [0.29, 0.717) is 23.6 Å². The van der Waals surface area contributed by atoms with Crippen molar-refractivity contribution in [2.45, 2.75) is 12.6 Å². The highest BCUT2D eigenvalue weighted by Gasteiger charge is 2.29. The molecule has 1 aromatic rings. The van der Waals surface area contributed by atoms with Gasteiger partial charge in [0.25, 0.3) is 0 Å². The molecule has 0 spiro atoms. The highest BCUT2D eigenvalue weighted by molar-refractivity contribution is 7.99. The van der Waals surface area contributed by atoms with Crippen LogP contribution in [-0.4, -0.2) is 47.2 Å². The SMILES string of the molecule is COc1ccc(C#N)cc1CN1CCSCC1C(=O)O. The van der Waals surface area contributed by atoms with Crippen LogP contribution >= 0.6 is 11.8 Å². The quantitative estimate of drug-likeness (QED) is 0.908. The van der Waals surface area contributed by atoms with Crippen LogP contribution in [0.25, 0.3) is 0 Å². The Balaban J connectivity index is 2.23. The second-order valence-electron chi connectivity index (χ2n) is 4.54. The highest BCUT2D eigenvalue weighted by Crippen LogP contribution is 2.25. The Bertz CT molecular complexity index is 542. The van der Waals surface area contributed by atoms with Gasteiger partial charge in [0.1, 0.15) is 11.8 Å². The van der Waals surface area contributed by atoms with Crippen LogP contribution in [0.5, 0.6) is 5.75 Å². The Morgan fingerprint density at radius 1 is 1.65 bits per heavy atom. The zero-order valence-corrected chi connectivity index (χ0v) is 12.0. The number of rotatable bonds is 4. The van der Waals surface area contributed by atoms with Gasteiger partial charge in [-0.2, -0.15) is 17.0 Å². The Morgan fingerprint density at radius 3 is 3.10 bits per heavy atom. The van der Waals surface area contributed by atoms with Crippen LogP contribution in [0, 0.1) is 11.3 Å². The molecular weight excluding hydrogens is 276 g/mol. The summed E-state index contributed by atoms with van der Waals surface area (Å²) in [6, 6.07) is 6.83. The van der Waals surface area contributed by atoms with Crippen molar-refractivity contribution >= 4 is 17.7 Å². The lowest BCUT2D eigenvalue weighted by Crippen LogP contribution is -2.46. The molecule has 1 aromatic carbocycles. The minimum atomic E-state index is -0.799. The lowest BCUT2D eigenvalue weighted by atomic mass is 10.1. The summed E-state index contributed by atoms with van der Waals surface area (Å²) in [5.74, 6) is 1.40. The summed E-state index contributed by atoms with van der Waals surface area (Å²) >= 11 is 1.66. The number of carboxylic acid groups (broad SMARTS) is 1. The highest BCUT2D eigenvalue weighted by atomic mass is 32.2. The molecule has 0 radical (unpaired) electrons. The first kappa shape index (κ1) is 14.7. The summed E-state index contributed by atoms with van der Waals surface area (Å²) in [5.41, 5.74) is 1.41. The predicted octanol–water partition coefficient (Wildman–Crippen LogP) is 1.57. The van der Waals surface area contributed by atoms with E-state index in [4.69, 9.17) is 10.00 Å². The van der Waals surface area contributed by atoms with Gasteiger partial charge in [-0.25, -0.2) is 0 Å². The van der Waals surface area contributed by atoms with Crippen LogP contribution < -0.4 is 4.74 Å². The first-order chi connectivity index (χ1) is 9.65. The molecule has 1 saturated heterocycles. The van der Waals surface area contributed by atoms with Gasteiger partial charge in [0.15, 0.2) is 0 Å². The van der Waals surface area contributed by atoms with E-state index in [0.717, 1.165) is 17.9 Å². The standard InChI is InChI=1S/C14H16N2O3S/c1-19-13-3-2-10(7-15)6-11(13)8-16-4-5-20-9-12(16)14(17)18/h2-3,6,12H,4-5,8-9H2,1H3,(H,17,18). The molecule has 106 valence electrons. The smallest absolute Gasteiger partial charge is 0.321 e. The molecule has 1 heterocycles. The number of hydrogen-bond donors (Lipinski definition) is 1. The van der Waals surface area contributed by atoms with E-state index in [1.165, 1.54) is 0 Å². The summed E-state index contributed by atoms with van der Waals surface area (Å²) in [6.45, 7) is 1.21. The molecule has 20 heavy (non-hydrogen) atoms. The number of hydrogen-bond acceptors (Lipinski definition) is 5.